The number of nitro benzene ring substituents is 1. The zero-order valence-corrected chi connectivity index (χ0v) is 12.6. The third-order valence-corrected chi connectivity index (χ3v) is 3.07. The van der Waals surface area contributed by atoms with Gasteiger partial charge in [0.15, 0.2) is 5.75 Å². The number of amides is 1. The van der Waals surface area contributed by atoms with Gasteiger partial charge in [-0.1, -0.05) is 0 Å². The minimum Gasteiger partial charge on any atom is -0.490 e. The van der Waals surface area contributed by atoms with E-state index >= 15 is 0 Å². The molecule has 1 aromatic carbocycles. The molecule has 0 spiro atoms. The average molecular weight is 317 g/mol. The van der Waals surface area contributed by atoms with Crippen LogP contribution in [0.25, 0.3) is 0 Å². The molecule has 21 heavy (non-hydrogen) atoms. The van der Waals surface area contributed by atoms with Crippen molar-refractivity contribution in [2.24, 2.45) is 0 Å². The summed E-state index contributed by atoms with van der Waals surface area (Å²) in [4.78, 5) is 22.1. The number of halogens is 1. The Bertz CT molecular complexity index is 509. The molecule has 0 aromatic heterocycles. The van der Waals surface area contributed by atoms with Gasteiger partial charge in [0.2, 0.25) is 0 Å². The lowest BCUT2D eigenvalue weighted by molar-refractivity contribution is -0.385. The Hall–Kier alpha value is -1.86. The van der Waals surface area contributed by atoms with E-state index in [1.165, 1.54) is 25.3 Å². The summed E-state index contributed by atoms with van der Waals surface area (Å²) >= 11 is 5.94. The quantitative estimate of drug-likeness (QED) is 0.450. The minimum absolute atomic E-state index is 0.0438. The Morgan fingerprint density at radius 1 is 1.48 bits per heavy atom. The van der Waals surface area contributed by atoms with Crippen molar-refractivity contribution in [1.29, 1.82) is 0 Å². The van der Waals surface area contributed by atoms with Gasteiger partial charge in [-0.05, 0) is 12.5 Å². The number of alkyl halides is 1. The van der Waals surface area contributed by atoms with Crippen molar-refractivity contribution in [3.8, 4) is 5.75 Å². The van der Waals surface area contributed by atoms with E-state index in [-0.39, 0.29) is 28.3 Å². The number of benzene rings is 1. The Balaban J connectivity index is 2.64. The first-order valence-electron chi connectivity index (χ1n) is 6.23. The van der Waals surface area contributed by atoms with Gasteiger partial charge in [0.1, 0.15) is 0 Å². The summed E-state index contributed by atoms with van der Waals surface area (Å²) in [6.45, 7) is 0.790. The summed E-state index contributed by atoms with van der Waals surface area (Å²) in [5.74, 6) is -0.299. The van der Waals surface area contributed by atoms with Crippen LogP contribution < -0.4 is 10.1 Å². The lowest BCUT2D eigenvalue weighted by Gasteiger charge is -2.10. The minimum atomic E-state index is -0.566. The summed E-state index contributed by atoms with van der Waals surface area (Å²) in [6.07, 6.45) is 0.561. The van der Waals surface area contributed by atoms with Gasteiger partial charge in [0, 0.05) is 31.4 Å². The first kappa shape index (κ1) is 17.2. The number of hydrogen-bond donors (Lipinski definition) is 1. The smallest absolute Gasteiger partial charge is 0.310 e. The maximum absolute atomic E-state index is 11.9. The monoisotopic (exact) mass is 316 g/mol. The van der Waals surface area contributed by atoms with Gasteiger partial charge in [0.05, 0.1) is 24.0 Å². The molecular weight excluding hydrogens is 300 g/mol. The normalized spacial score (nSPS) is 11.8. The number of carbonyl (C=O) groups is 1. The molecule has 1 atom stereocenters. The zero-order chi connectivity index (χ0) is 15.8. The van der Waals surface area contributed by atoms with Crippen molar-refractivity contribution < 1.29 is 19.2 Å². The van der Waals surface area contributed by atoms with Crippen molar-refractivity contribution >= 4 is 23.2 Å². The average Bonchev–Trinajstić information content (AvgIpc) is 2.46. The van der Waals surface area contributed by atoms with Crippen LogP contribution in [-0.2, 0) is 4.74 Å². The summed E-state index contributed by atoms with van der Waals surface area (Å²) in [5.41, 5.74) is 0.102. The predicted molar refractivity (Wildman–Crippen MR) is 78.1 cm³/mol. The van der Waals surface area contributed by atoms with E-state index in [9.17, 15) is 14.9 Å². The zero-order valence-electron chi connectivity index (χ0n) is 11.8. The van der Waals surface area contributed by atoms with E-state index in [0.29, 0.717) is 19.6 Å². The van der Waals surface area contributed by atoms with E-state index in [2.05, 4.69) is 5.32 Å². The van der Waals surface area contributed by atoms with Gasteiger partial charge in [-0.3, -0.25) is 14.9 Å². The van der Waals surface area contributed by atoms with Crippen LogP contribution >= 0.6 is 11.6 Å². The van der Waals surface area contributed by atoms with Gasteiger partial charge in [-0.25, -0.2) is 0 Å². The highest BCUT2D eigenvalue weighted by Crippen LogP contribution is 2.27. The van der Waals surface area contributed by atoms with Crippen LogP contribution in [0.15, 0.2) is 18.2 Å². The molecule has 0 bridgehead atoms. The molecule has 0 aliphatic heterocycles. The Morgan fingerprint density at radius 3 is 2.76 bits per heavy atom. The second kappa shape index (κ2) is 8.43. The van der Waals surface area contributed by atoms with Crippen molar-refractivity contribution in [3.05, 3.63) is 33.9 Å². The van der Waals surface area contributed by atoms with Crippen molar-refractivity contribution in [2.45, 2.75) is 11.8 Å². The van der Waals surface area contributed by atoms with Gasteiger partial charge in [-0.15, -0.1) is 11.6 Å². The molecule has 1 aromatic rings. The summed E-state index contributed by atoms with van der Waals surface area (Å²) < 4.78 is 9.80. The number of rotatable bonds is 8. The lowest BCUT2D eigenvalue weighted by Crippen LogP contribution is -2.27. The Morgan fingerprint density at radius 2 is 2.19 bits per heavy atom. The number of hydrogen-bond acceptors (Lipinski definition) is 5. The van der Waals surface area contributed by atoms with E-state index < -0.39 is 4.92 Å². The van der Waals surface area contributed by atoms with Crippen LogP contribution in [0.1, 0.15) is 16.8 Å². The van der Waals surface area contributed by atoms with Crippen LogP contribution in [0.3, 0.4) is 0 Å². The van der Waals surface area contributed by atoms with E-state index in [1.807, 2.05) is 0 Å². The fourth-order valence-electron chi connectivity index (χ4n) is 1.68. The highest BCUT2D eigenvalue weighted by Gasteiger charge is 2.17. The number of nitro groups is 1. The van der Waals surface area contributed by atoms with Crippen LogP contribution in [0.5, 0.6) is 5.75 Å². The molecule has 116 valence electrons. The molecule has 8 heteroatoms. The van der Waals surface area contributed by atoms with Crippen molar-refractivity contribution in [1.82, 2.24) is 5.32 Å². The Labute approximate surface area is 127 Å². The third kappa shape index (κ3) is 5.20. The molecule has 1 rings (SSSR count). The van der Waals surface area contributed by atoms with Gasteiger partial charge < -0.3 is 14.8 Å². The number of ether oxygens (including phenoxy) is 2. The Kier molecular flexibility index (Phi) is 6.90. The van der Waals surface area contributed by atoms with Crippen LogP contribution in [0, 0.1) is 10.1 Å². The van der Waals surface area contributed by atoms with Gasteiger partial charge in [-0.2, -0.15) is 0 Å². The molecule has 0 saturated carbocycles. The molecular formula is C13H17ClN2O5. The summed E-state index contributed by atoms with van der Waals surface area (Å²) in [5, 5.41) is 13.3. The first-order valence-corrected chi connectivity index (χ1v) is 6.66. The van der Waals surface area contributed by atoms with Gasteiger partial charge >= 0.3 is 5.69 Å². The van der Waals surface area contributed by atoms with E-state index in [1.54, 1.807) is 7.11 Å². The molecule has 0 saturated heterocycles. The molecule has 0 aliphatic carbocycles. The number of carbonyl (C=O) groups excluding carboxylic acids is 1. The van der Waals surface area contributed by atoms with Gasteiger partial charge in [0.25, 0.3) is 5.91 Å². The van der Waals surface area contributed by atoms with E-state index in [0.717, 1.165) is 0 Å². The predicted octanol–water partition coefficient (Wildman–Crippen LogP) is 1.98. The second-order valence-corrected chi connectivity index (χ2v) is 4.86. The van der Waals surface area contributed by atoms with Crippen LogP contribution in [0.2, 0.25) is 0 Å². The van der Waals surface area contributed by atoms with Crippen LogP contribution in [0.4, 0.5) is 5.69 Å². The first-order chi connectivity index (χ1) is 9.99. The molecule has 7 nitrogen and oxygen atoms in total. The molecule has 0 radical (unpaired) electrons. The fourth-order valence-corrected chi connectivity index (χ4v) is 1.91. The largest absolute Gasteiger partial charge is 0.490 e. The van der Waals surface area contributed by atoms with Crippen LogP contribution in [-0.4, -0.2) is 43.6 Å². The highest BCUT2D eigenvalue weighted by atomic mass is 35.5. The number of nitrogens with zero attached hydrogens (tertiary/aromatic N) is 1. The maximum Gasteiger partial charge on any atom is 0.310 e. The second-order valence-electron chi connectivity index (χ2n) is 4.24. The fraction of sp³-hybridized carbons (Fsp3) is 0.462. The lowest BCUT2D eigenvalue weighted by atomic mass is 10.1. The van der Waals surface area contributed by atoms with Crippen molar-refractivity contribution in [3.63, 3.8) is 0 Å². The standard InChI is InChI=1S/C13H17ClN2O5/c1-20-8-10(14)5-6-15-13(17)9-3-4-11(16(18)19)12(7-9)21-2/h3-4,7,10H,5-6,8H2,1-2H3,(H,15,17). The molecule has 0 aliphatic rings. The summed E-state index contributed by atoms with van der Waals surface area (Å²) in [6, 6.07) is 3.95. The molecule has 1 unspecified atom stereocenters. The maximum atomic E-state index is 11.9. The third-order valence-electron chi connectivity index (χ3n) is 2.73. The number of nitrogens with one attached hydrogen (secondary N) is 1. The SMILES string of the molecule is COCC(Cl)CCNC(=O)c1ccc([N+](=O)[O-])c(OC)c1. The summed E-state index contributed by atoms with van der Waals surface area (Å²) in [7, 11) is 2.87. The van der Waals surface area contributed by atoms with Crippen molar-refractivity contribution in [2.75, 3.05) is 27.4 Å². The number of methoxy groups -OCH3 is 2. The highest BCUT2D eigenvalue weighted by molar-refractivity contribution is 6.20. The molecule has 0 fully saturated rings. The molecule has 1 N–H and O–H groups in total. The topological polar surface area (TPSA) is 90.7 Å². The molecule has 1 amide bonds. The van der Waals surface area contributed by atoms with E-state index in [4.69, 9.17) is 21.1 Å². The molecule has 0 heterocycles.